The van der Waals surface area contributed by atoms with Crippen LogP contribution in [0.25, 0.3) is 11.3 Å². The highest BCUT2D eigenvalue weighted by Crippen LogP contribution is 2.30. The average Bonchev–Trinajstić information content (AvgIpc) is 3.38. The van der Waals surface area contributed by atoms with Crippen molar-refractivity contribution in [2.24, 2.45) is 13.0 Å². The molecule has 0 aromatic carbocycles. The normalized spacial score (nSPS) is 19.2. The molecule has 0 N–H and O–H groups in total. The number of carbonyl (C=O) groups excluding carboxylic acids is 1. The minimum atomic E-state index is -3.70. The van der Waals surface area contributed by atoms with Crippen LogP contribution in [0.15, 0.2) is 35.6 Å². The highest BCUT2D eigenvalue weighted by Gasteiger charge is 2.35. The fourth-order valence-corrected chi connectivity index (χ4v) is 5.70. The lowest BCUT2D eigenvalue weighted by Crippen LogP contribution is -2.51. The Kier molecular flexibility index (Phi) is 5.20. The Balaban J connectivity index is 1.52. The number of nitrogens with zero attached hydrogens (tertiary/aromatic N) is 5. The largest absolute Gasteiger partial charge is 0.340 e. The molecule has 1 amide bonds. The number of aryl methyl sites for hydroxylation is 1. The lowest BCUT2D eigenvalue weighted by Gasteiger charge is -2.35. The van der Waals surface area contributed by atoms with Crippen LogP contribution >= 0.6 is 0 Å². The summed E-state index contributed by atoms with van der Waals surface area (Å²) in [5, 5.41) is 4.36. The van der Waals surface area contributed by atoms with E-state index in [2.05, 4.69) is 10.1 Å². The van der Waals surface area contributed by atoms with E-state index in [1.807, 2.05) is 4.90 Å². The Hall–Kier alpha value is -2.26. The maximum absolute atomic E-state index is 13.3. The summed E-state index contributed by atoms with van der Waals surface area (Å²) < 4.78 is 29.5. The quantitative estimate of drug-likeness (QED) is 0.772. The molecule has 0 spiro atoms. The number of hydrogen-bond acceptors (Lipinski definition) is 5. The fourth-order valence-electron chi connectivity index (χ4n) is 4.08. The number of aromatic nitrogens is 3. The molecule has 1 saturated carbocycles. The van der Waals surface area contributed by atoms with E-state index in [9.17, 15) is 13.2 Å². The zero-order chi connectivity index (χ0) is 19.7. The fraction of sp³-hybridized carbons (Fsp3) is 0.526. The summed E-state index contributed by atoms with van der Waals surface area (Å²) in [5.74, 6) is 0.313. The maximum Gasteiger partial charge on any atom is 0.246 e. The topological polar surface area (TPSA) is 88.4 Å². The molecule has 1 saturated heterocycles. The van der Waals surface area contributed by atoms with Crippen LogP contribution in [0.4, 0.5) is 0 Å². The van der Waals surface area contributed by atoms with Gasteiger partial charge in [-0.05, 0) is 25.0 Å². The van der Waals surface area contributed by atoms with Gasteiger partial charge in [0.25, 0.3) is 0 Å². The first-order valence-corrected chi connectivity index (χ1v) is 11.1. The van der Waals surface area contributed by atoms with Crippen LogP contribution in [-0.2, 0) is 21.9 Å². The summed E-state index contributed by atoms with van der Waals surface area (Å²) in [6, 6.07) is 3.50. The zero-order valence-electron chi connectivity index (χ0n) is 16.0. The van der Waals surface area contributed by atoms with E-state index in [-0.39, 0.29) is 16.7 Å². The van der Waals surface area contributed by atoms with E-state index in [1.54, 1.807) is 37.8 Å². The molecular formula is C19H25N5O3S. The van der Waals surface area contributed by atoms with Gasteiger partial charge in [-0.1, -0.05) is 12.8 Å². The van der Waals surface area contributed by atoms with Gasteiger partial charge < -0.3 is 4.90 Å². The van der Waals surface area contributed by atoms with E-state index in [0.717, 1.165) is 25.7 Å². The third-order valence-electron chi connectivity index (χ3n) is 5.62. The Morgan fingerprint density at radius 2 is 1.71 bits per heavy atom. The molecule has 8 nitrogen and oxygen atoms in total. The van der Waals surface area contributed by atoms with Gasteiger partial charge >= 0.3 is 0 Å². The maximum atomic E-state index is 13.3. The number of piperazine rings is 1. The molecule has 0 radical (unpaired) electrons. The van der Waals surface area contributed by atoms with Crippen molar-refractivity contribution >= 4 is 15.9 Å². The Morgan fingerprint density at radius 1 is 1.07 bits per heavy atom. The number of sulfonamides is 1. The summed E-state index contributed by atoms with van der Waals surface area (Å²) in [6.07, 6.45) is 8.93. The van der Waals surface area contributed by atoms with Crippen molar-refractivity contribution in [3.63, 3.8) is 0 Å². The van der Waals surface area contributed by atoms with E-state index in [0.29, 0.717) is 37.4 Å². The van der Waals surface area contributed by atoms with Gasteiger partial charge in [0, 0.05) is 63.3 Å². The Labute approximate surface area is 165 Å². The van der Waals surface area contributed by atoms with Crippen molar-refractivity contribution < 1.29 is 13.2 Å². The summed E-state index contributed by atoms with van der Waals surface area (Å²) in [4.78, 5) is 18.6. The SMILES string of the molecule is Cn1cc(S(=O)(=O)N2CCN(C(=O)C3CCCC3)CC2)c(-c2ccncc2)n1. The molecule has 0 bridgehead atoms. The molecule has 0 unspecified atom stereocenters. The molecule has 2 fully saturated rings. The second-order valence-corrected chi connectivity index (χ2v) is 9.37. The summed E-state index contributed by atoms with van der Waals surface area (Å²) in [6.45, 7) is 1.51. The lowest BCUT2D eigenvalue weighted by molar-refractivity contribution is -0.136. The molecule has 2 aromatic heterocycles. The molecule has 9 heteroatoms. The van der Waals surface area contributed by atoms with Gasteiger partial charge in [-0.2, -0.15) is 9.40 Å². The van der Waals surface area contributed by atoms with E-state index in [4.69, 9.17) is 0 Å². The molecule has 150 valence electrons. The summed E-state index contributed by atoms with van der Waals surface area (Å²) in [7, 11) is -1.99. The van der Waals surface area contributed by atoms with Crippen LogP contribution in [-0.4, -0.2) is 64.5 Å². The van der Waals surface area contributed by atoms with Crippen molar-refractivity contribution in [1.29, 1.82) is 0 Å². The van der Waals surface area contributed by atoms with Crippen LogP contribution < -0.4 is 0 Å². The molecule has 0 atom stereocenters. The highest BCUT2D eigenvalue weighted by molar-refractivity contribution is 7.89. The minimum Gasteiger partial charge on any atom is -0.340 e. The van der Waals surface area contributed by atoms with Gasteiger partial charge in [0.1, 0.15) is 10.6 Å². The molecule has 2 aliphatic rings. The summed E-state index contributed by atoms with van der Waals surface area (Å²) in [5.41, 5.74) is 1.14. The van der Waals surface area contributed by atoms with E-state index < -0.39 is 10.0 Å². The number of pyridine rings is 1. The van der Waals surface area contributed by atoms with Gasteiger partial charge in [-0.15, -0.1) is 0 Å². The van der Waals surface area contributed by atoms with Gasteiger partial charge in [-0.3, -0.25) is 14.5 Å². The van der Waals surface area contributed by atoms with Gasteiger partial charge in [-0.25, -0.2) is 8.42 Å². The van der Waals surface area contributed by atoms with Crippen molar-refractivity contribution in [2.45, 2.75) is 30.6 Å². The van der Waals surface area contributed by atoms with Crippen LogP contribution in [0.2, 0.25) is 0 Å². The highest BCUT2D eigenvalue weighted by atomic mass is 32.2. The standard InChI is InChI=1S/C19H25N5O3S/c1-22-14-17(18(21-22)15-6-8-20-9-7-15)28(26,27)24-12-10-23(11-13-24)19(25)16-4-2-3-5-16/h6-9,14,16H,2-5,10-13H2,1H3. The monoisotopic (exact) mass is 403 g/mol. The van der Waals surface area contributed by atoms with Crippen LogP contribution in [0.1, 0.15) is 25.7 Å². The zero-order valence-corrected chi connectivity index (χ0v) is 16.8. The third kappa shape index (κ3) is 3.56. The van der Waals surface area contributed by atoms with Crippen molar-refractivity contribution in [3.8, 4) is 11.3 Å². The number of carbonyl (C=O) groups is 1. The third-order valence-corrected chi connectivity index (χ3v) is 7.52. The van der Waals surface area contributed by atoms with Crippen LogP contribution in [0.3, 0.4) is 0 Å². The van der Waals surface area contributed by atoms with Crippen molar-refractivity contribution in [1.82, 2.24) is 24.0 Å². The second-order valence-electron chi connectivity index (χ2n) is 7.46. The summed E-state index contributed by atoms with van der Waals surface area (Å²) >= 11 is 0. The lowest BCUT2D eigenvalue weighted by atomic mass is 10.1. The predicted octanol–water partition coefficient (Wildman–Crippen LogP) is 1.51. The van der Waals surface area contributed by atoms with Crippen molar-refractivity contribution in [3.05, 3.63) is 30.7 Å². The molecule has 1 aliphatic carbocycles. The van der Waals surface area contributed by atoms with Gasteiger partial charge in [0.15, 0.2) is 0 Å². The first kappa shape index (κ1) is 19.1. The molecule has 2 aromatic rings. The van der Waals surface area contributed by atoms with Crippen molar-refractivity contribution in [2.75, 3.05) is 26.2 Å². The average molecular weight is 404 g/mol. The molecule has 3 heterocycles. The number of amides is 1. The first-order valence-electron chi connectivity index (χ1n) is 9.70. The predicted molar refractivity (Wildman–Crippen MR) is 104 cm³/mol. The van der Waals surface area contributed by atoms with E-state index >= 15 is 0 Å². The van der Waals surface area contributed by atoms with Crippen LogP contribution in [0.5, 0.6) is 0 Å². The van der Waals surface area contributed by atoms with E-state index in [1.165, 1.54) is 8.99 Å². The van der Waals surface area contributed by atoms with Gasteiger partial charge in [0.2, 0.25) is 15.9 Å². The smallest absolute Gasteiger partial charge is 0.246 e. The Bertz CT molecular complexity index is 943. The minimum absolute atomic E-state index is 0.125. The molecule has 4 rings (SSSR count). The number of rotatable bonds is 4. The molecule has 28 heavy (non-hydrogen) atoms. The Morgan fingerprint density at radius 3 is 2.36 bits per heavy atom. The second kappa shape index (κ2) is 7.63. The number of hydrogen-bond donors (Lipinski definition) is 0. The van der Waals surface area contributed by atoms with Crippen LogP contribution in [0, 0.1) is 5.92 Å². The molecular weight excluding hydrogens is 378 g/mol. The van der Waals surface area contributed by atoms with Gasteiger partial charge in [0.05, 0.1) is 0 Å². The first-order chi connectivity index (χ1) is 13.5. The molecule has 1 aliphatic heterocycles.